The lowest BCUT2D eigenvalue weighted by atomic mass is 9.99. The van der Waals surface area contributed by atoms with E-state index in [0.29, 0.717) is 0 Å². The second-order valence-corrected chi connectivity index (χ2v) is 5.88. The molecule has 0 fully saturated rings. The molecule has 23 heavy (non-hydrogen) atoms. The number of hydrogen-bond donors (Lipinski definition) is 1. The van der Waals surface area contributed by atoms with E-state index in [4.69, 9.17) is 4.74 Å². The minimum absolute atomic E-state index is 0.888. The number of hydrogen-bond acceptors (Lipinski definition) is 1. The maximum atomic E-state index is 5.65. The van der Waals surface area contributed by atoms with Crippen LogP contribution in [-0.4, -0.2) is 12.1 Å². The standard InChI is InChI=1S/C21H15NO/c1-23-18-12-14-7-3-5-9-16(14)20-19-15-8-4-2-6-13(15)10-11-17(19)22-21(18)20/h2-12,22H,1H3. The fourth-order valence-electron chi connectivity index (χ4n) is 3.65. The Morgan fingerprint density at radius 3 is 2.22 bits per heavy atom. The van der Waals surface area contributed by atoms with Gasteiger partial charge in [-0.25, -0.2) is 0 Å². The number of ether oxygens (including phenoxy) is 1. The molecule has 0 spiro atoms. The Hall–Kier alpha value is -3.00. The predicted octanol–water partition coefficient (Wildman–Crippen LogP) is 5.64. The zero-order valence-electron chi connectivity index (χ0n) is 12.8. The summed E-state index contributed by atoms with van der Waals surface area (Å²) in [5.41, 5.74) is 2.21. The minimum atomic E-state index is 0.888. The normalized spacial score (nSPS) is 11.7. The fourth-order valence-corrected chi connectivity index (χ4v) is 3.65. The number of aromatic amines is 1. The molecule has 0 aliphatic carbocycles. The van der Waals surface area contributed by atoms with E-state index < -0.39 is 0 Å². The van der Waals surface area contributed by atoms with Crippen molar-refractivity contribution >= 4 is 43.4 Å². The van der Waals surface area contributed by atoms with Crippen LogP contribution in [0.25, 0.3) is 43.4 Å². The van der Waals surface area contributed by atoms with Crippen LogP contribution in [0.15, 0.2) is 66.7 Å². The van der Waals surface area contributed by atoms with Crippen LogP contribution in [0.1, 0.15) is 0 Å². The molecule has 1 heterocycles. The molecule has 110 valence electrons. The first kappa shape index (κ1) is 12.5. The van der Waals surface area contributed by atoms with Gasteiger partial charge in [-0.15, -0.1) is 0 Å². The molecule has 0 bridgehead atoms. The number of H-pyrrole nitrogens is 1. The zero-order valence-corrected chi connectivity index (χ0v) is 12.8. The van der Waals surface area contributed by atoms with E-state index >= 15 is 0 Å². The van der Waals surface area contributed by atoms with Crippen LogP contribution in [0.3, 0.4) is 0 Å². The first-order valence-corrected chi connectivity index (χ1v) is 7.76. The van der Waals surface area contributed by atoms with Crippen LogP contribution in [0.5, 0.6) is 5.75 Å². The van der Waals surface area contributed by atoms with E-state index in [1.54, 1.807) is 7.11 Å². The number of rotatable bonds is 1. The van der Waals surface area contributed by atoms with Gasteiger partial charge in [-0.2, -0.15) is 0 Å². The van der Waals surface area contributed by atoms with Gasteiger partial charge in [0.05, 0.1) is 12.6 Å². The van der Waals surface area contributed by atoms with E-state index in [9.17, 15) is 0 Å². The average molecular weight is 297 g/mol. The highest BCUT2D eigenvalue weighted by Crippen LogP contribution is 2.40. The van der Waals surface area contributed by atoms with E-state index in [1.165, 1.54) is 32.3 Å². The molecule has 5 rings (SSSR count). The van der Waals surface area contributed by atoms with Gasteiger partial charge < -0.3 is 9.72 Å². The Labute approximate surface area is 133 Å². The number of nitrogens with one attached hydrogen (secondary N) is 1. The van der Waals surface area contributed by atoms with Crippen molar-refractivity contribution in [1.82, 2.24) is 4.98 Å². The molecule has 1 N–H and O–H groups in total. The van der Waals surface area contributed by atoms with Crippen LogP contribution in [0.2, 0.25) is 0 Å². The smallest absolute Gasteiger partial charge is 0.143 e. The first-order valence-electron chi connectivity index (χ1n) is 7.76. The van der Waals surface area contributed by atoms with Gasteiger partial charge in [-0.3, -0.25) is 0 Å². The van der Waals surface area contributed by atoms with Crippen molar-refractivity contribution in [1.29, 1.82) is 0 Å². The molecule has 4 aromatic carbocycles. The van der Waals surface area contributed by atoms with Crippen molar-refractivity contribution in [3.63, 3.8) is 0 Å². The van der Waals surface area contributed by atoms with Crippen molar-refractivity contribution in [2.75, 3.05) is 7.11 Å². The van der Waals surface area contributed by atoms with Crippen LogP contribution in [0, 0.1) is 0 Å². The summed E-state index contributed by atoms with van der Waals surface area (Å²) >= 11 is 0. The lowest BCUT2D eigenvalue weighted by Gasteiger charge is -2.07. The van der Waals surface area contributed by atoms with Gasteiger partial charge in [-0.05, 0) is 33.7 Å². The van der Waals surface area contributed by atoms with Gasteiger partial charge in [-0.1, -0.05) is 54.6 Å². The van der Waals surface area contributed by atoms with E-state index in [2.05, 4.69) is 71.7 Å². The first-order chi connectivity index (χ1) is 11.4. The van der Waals surface area contributed by atoms with Gasteiger partial charge in [0.15, 0.2) is 0 Å². The SMILES string of the molecule is COc1cc2ccccc2c2c1[nH]c1ccc3ccccc3c12. The molecular weight excluding hydrogens is 282 g/mol. The van der Waals surface area contributed by atoms with Crippen molar-refractivity contribution in [2.24, 2.45) is 0 Å². The highest BCUT2D eigenvalue weighted by atomic mass is 16.5. The van der Waals surface area contributed by atoms with Gasteiger partial charge in [0.2, 0.25) is 0 Å². The van der Waals surface area contributed by atoms with Crippen LogP contribution >= 0.6 is 0 Å². The molecule has 1 aromatic heterocycles. The predicted molar refractivity (Wildman–Crippen MR) is 97.4 cm³/mol. The second-order valence-electron chi connectivity index (χ2n) is 5.88. The van der Waals surface area contributed by atoms with Gasteiger partial charge in [0.25, 0.3) is 0 Å². The van der Waals surface area contributed by atoms with Crippen LogP contribution in [-0.2, 0) is 0 Å². The Bertz CT molecular complexity index is 1200. The number of fused-ring (bicyclic) bond motifs is 7. The average Bonchev–Trinajstić information content (AvgIpc) is 3.01. The van der Waals surface area contributed by atoms with Crippen molar-refractivity contribution in [2.45, 2.75) is 0 Å². The molecule has 0 unspecified atom stereocenters. The molecule has 0 amide bonds. The number of aromatic nitrogens is 1. The Morgan fingerprint density at radius 2 is 1.43 bits per heavy atom. The summed E-state index contributed by atoms with van der Waals surface area (Å²) in [4.78, 5) is 3.56. The lowest BCUT2D eigenvalue weighted by molar-refractivity contribution is 0.419. The van der Waals surface area contributed by atoms with Crippen molar-refractivity contribution in [3.8, 4) is 5.75 Å². The largest absolute Gasteiger partial charge is 0.495 e. The third-order valence-electron chi connectivity index (χ3n) is 4.67. The maximum absolute atomic E-state index is 5.65. The number of benzene rings is 4. The summed E-state index contributed by atoms with van der Waals surface area (Å²) < 4.78 is 5.65. The molecule has 0 saturated carbocycles. The molecule has 0 aliphatic rings. The van der Waals surface area contributed by atoms with Gasteiger partial charge in [0, 0.05) is 16.3 Å². The highest BCUT2D eigenvalue weighted by molar-refractivity contribution is 6.28. The summed E-state index contributed by atoms with van der Waals surface area (Å²) in [6.45, 7) is 0. The summed E-state index contributed by atoms with van der Waals surface area (Å²) in [6, 6.07) is 23.5. The Balaban J connectivity index is 2.16. The fraction of sp³-hybridized carbons (Fsp3) is 0.0476. The Kier molecular flexibility index (Phi) is 2.45. The number of methoxy groups -OCH3 is 1. The molecule has 2 nitrogen and oxygen atoms in total. The molecule has 0 aliphatic heterocycles. The summed E-state index contributed by atoms with van der Waals surface area (Å²) in [7, 11) is 1.73. The zero-order chi connectivity index (χ0) is 15.4. The highest BCUT2D eigenvalue weighted by Gasteiger charge is 2.14. The van der Waals surface area contributed by atoms with Crippen LogP contribution in [0.4, 0.5) is 0 Å². The molecule has 0 saturated heterocycles. The second kappa shape index (κ2) is 4.50. The summed E-state index contributed by atoms with van der Waals surface area (Å²) in [5, 5.41) is 7.50. The Morgan fingerprint density at radius 1 is 0.739 bits per heavy atom. The summed E-state index contributed by atoms with van der Waals surface area (Å²) in [5.74, 6) is 0.888. The molecule has 2 heteroatoms. The van der Waals surface area contributed by atoms with E-state index in [1.807, 2.05) is 0 Å². The monoisotopic (exact) mass is 297 g/mol. The molecule has 0 radical (unpaired) electrons. The third-order valence-corrected chi connectivity index (χ3v) is 4.67. The maximum Gasteiger partial charge on any atom is 0.143 e. The minimum Gasteiger partial charge on any atom is -0.495 e. The third kappa shape index (κ3) is 1.63. The van der Waals surface area contributed by atoms with Gasteiger partial charge in [0.1, 0.15) is 5.75 Å². The van der Waals surface area contributed by atoms with Crippen LogP contribution < -0.4 is 4.74 Å². The van der Waals surface area contributed by atoms with Crippen molar-refractivity contribution < 1.29 is 4.74 Å². The van der Waals surface area contributed by atoms with Crippen molar-refractivity contribution in [3.05, 3.63) is 66.7 Å². The van der Waals surface area contributed by atoms with E-state index in [-0.39, 0.29) is 0 Å². The molecular formula is C21H15NO. The van der Waals surface area contributed by atoms with Gasteiger partial charge >= 0.3 is 0 Å². The molecule has 5 aromatic rings. The summed E-state index contributed by atoms with van der Waals surface area (Å²) in [6.07, 6.45) is 0. The topological polar surface area (TPSA) is 25.0 Å². The molecule has 0 atom stereocenters. The van der Waals surface area contributed by atoms with E-state index in [0.717, 1.165) is 16.8 Å². The lowest BCUT2D eigenvalue weighted by Crippen LogP contribution is -1.85. The quantitative estimate of drug-likeness (QED) is 0.426.